The number of ether oxygens (including phenoxy) is 1. The predicted octanol–water partition coefficient (Wildman–Crippen LogP) is -0.235. The predicted molar refractivity (Wildman–Crippen MR) is 49.4 cm³/mol. The summed E-state index contributed by atoms with van der Waals surface area (Å²) in [7, 11) is 0. The molecule has 4 nitrogen and oxygen atoms in total. The highest BCUT2D eigenvalue weighted by Gasteiger charge is 2.21. The lowest BCUT2D eigenvalue weighted by Gasteiger charge is -2.25. The maximum atomic E-state index is 9.02. The van der Waals surface area contributed by atoms with Crippen LogP contribution in [-0.2, 0) is 4.74 Å². The summed E-state index contributed by atoms with van der Waals surface area (Å²) in [6.45, 7) is 4.18. The monoisotopic (exact) mass is 192 g/mol. The molecule has 0 heterocycles. The van der Waals surface area contributed by atoms with E-state index in [4.69, 9.17) is 20.1 Å². The Kier molecular flexibility index (Phi) is 6.24. The van der Waals surface area contributed by atoms with E-state index >= 15 is 0 Å². The van der Waals surface area contributed by atoms with Crippen LogP contribution in [0, 0.1) is 5.41 Å². The first-order valence-electron chi connectivity index (χ1n) is 4.55. The van der Waals surface area contributed by atoms with E-state index in [0.717, 1.165) is 6.42 Å². The smallest absolute Gasteiger partial charge is 0.100 e. The summed E-state index contributed by atoms with van der Waals surface area (Å²) in [6.07, 6.45) is -0.00146. The van der Waals surface area contributed by atoms with Crippen molar-refractivity contribution < 1.29 is 20.1 Å². The van der Waals surface area contributed by atoms with Crippen molar-refractivity contribution in [1.82, 2.24) is 0 Å². The van der Waals surface area contributed by atoms with Crippen LogP contribution < -0.4 is 0 Å². The highest BCUT2D eigenvalue weighted by Crippen LogP contribution is 2.19. The van der Waals surface area contributed by atoms with Crippen molar-refractivity contribution in [3.63, 3.8) is 0 Å². The molecule has 0 amide bonds. The van der Waals surface area contributed by atoms with Crippen LogP contribution in [0.15, 0.2) is 0 Å². The fourth-order valence-corrected chi connectivity index (χ4v) is 0.754. The van der Waals surface area contributed by atoms with E-state index in [1.54, 1.807) is 0 Å². The average molecular weight is 192 g/mol. The molecule has 0 aromatic rings. The first-order valence-corrected chi connectivity index (χ1v) is 4.55. The molecule has 0 spiro atoms. The Balaban J connectivity index is 3.61. The van der Waals surface area contributed by atoms with Crippen LogP contribution in [0.3, 0.4) is 0 Å². The lowest BCUT2D eigenvalue weighted by molar-refractivity contribution is -0.0359. The summed E-state index contributed by atoms with van der Waals surface area (Å²) in [5, 5.41) is 26.5. The second-order valence-corrected chi connectivity index (χ2v) is 3.67. The minimum Gasteiger partial charge on any atom is -0.396 e. The van der Waals surface area contributed by atoms with E-state index in [1.165, 1.54) is 0 Å². The topological polar surface area (TPSA) is 69.9 Å². The maximum Gasteiger partial charge on any atom is 0.100 e. The Morgan fingerprint density at radius 1 is 1.38 bits per heavy atom. The highest BCUT2D eigenvalue weighted by molar-refractivity contribution is 4.70. The Hall–Kier alpha value is -0.160. The molecule has 0 aromatic carbocycles. The van der Waals surface area contributed by atoms with Crippen molar-refractivity contribution in [2.45, 2.75) is 26.4 Å². The van der Waals surface area contributed by atoms with Gasteiger partial charge in [-0.3, -0.25) is 0 Å². The molecular formula is C9H20O4. The molecule has 2 atom stereocenters. The lowest BCUT2D eigenvalue weighted by Crippen LogP contribution is -2.29. The first kappa shape index (κ1) is 12.8. The molecule has 0 aliphatic carbocycles. The van der Waals surface area contributed by atoms with Gasteiger partial charge in [0.2, 0.25) is 0 Å². The first-order chi connectivity index (χ1) is 6.08. The quantitative estimate of drug-likeness (QED) is 0.521. The van der Waals surface area contributed by atoms with E-state index in [2.05, 4.69) is 0 Å². The molecule has 0 aliphatic rings. The standard InChI is InChI=1S/C9H20O4/c1-3-9(2,6-11)7-13-5-8(12)4-10/h8,10-12H,3-7H2,1-2H3. The molecule has 80 valence electrons. The SMILES string of the molecule is CCC(C)(CO)COCC(O)CO. The van der Waals surface area contributed by atoms with Crippen molar-refractivity contribution in [3.05, 3.63) is 0 Å². The molecule has 0 radical (unpaired) electrons. The van der Waals surface area contributed by atoms with Crippen molar-refractivity contribution in [2.75, 3.05) is 26.4 Å². The van der Waals surface area contributed by atoms with E-state index in [0.29, 0.717) is 6.61 Å². The molecule has 13 heavy (non-hydrogen) atoms. The zero-order chi connectivity index (χ0) is 10.3. The number of aliphatic hydroxyl groups excluding tert-OH is 3. The van der Waals surface area contributed by atoms with Crippen LogP contribution in [0.25, 0.3) is 0 Å². The molecule has 2 unspecified atom stereocenters. The highest BCUT2D eigenvalue weighted by atomic mass is 16.5. The summed E-state index contributed by atoms with van der Waals surface area (Å²) < 4.78 is 5.16. The number of aliphatic hydroxyl groups is 3. The third kappa shape index (κ3) is 5.21. The number of rotatable bonds is 7. The maximum absolute atomic E-state index is 9.02. The molecule has 3 N–H and O–H groups in total. The summed E-state index contributed by atoms with van der Waals surface area (Å²) >= 11 is 0. The summed E-state index contributed by atoms with van der Waals surface area (Å²) in [5.41, 5.74) is -0.241. The normalized spacial score (nSPS) is 18.2. The summed E-state index contributed by atoms with van der Waals surface area (Å²) in [4.78, 5) is 0. The minimum absolute atomic E-state index is 0.0682. The third-order valence-corrected chi connectivity index (χ3v) is 2.21. The van der Waals surface area contributed by atoms with Gasteiger partial charge in [0.15, 0.2) is 0 Å². The van der Waals surface area contributed by atoms with Gasteiger partial charge in [-0.15, -0.1) is 0 Å². The summed E-state index contributed by atoms with van der Waals surface area (Å²) in [6, 6.07) is 0. The Morgan fingerprint density at radius 2 is 2.00 bits per heavy atom. The van der Waals surface area contributed by atoms with E-state index in [1.807, 2.05) is 13.8 Å². The fourth-order valence-electron chi connectivity index (χ4n) is 0.754. The minimum atomic E-state index is -0.820. The Morgan fingerprint density at radius 3 is 2.38 bits per heavy atom. The van der Waals surface area contributed by atoms with Gasteiger partial charge < -0.3 is 20.1 Å². The number of hydrogen-bond donors (Lipinski definition) is 3. The molecule has 0 aromatic heterocycles. The van der Waals surface area contributed by atoms with E-state index in [-0.39, 0.29) is 25.2 Å². The Labute approximate surface area is 79.2 Å². The van der Waals surface area contributed by atoms with Crippen LogP contribution in [-0.4, -0.2) is 47.9 Å². The van der Waals surface area contributed by atoms with E-state index in [9.17, 15) is 0 Å². The van der Waals surface area contributed by atoms with Crippen LogP contribution in [0.2, 0.25) is 0 Å². The van der Waals surface area contributed by atoms with Gasteiger partial charge in [0, 0.05) is 5.41 Å². The van der Waals surface area contributed by atoms with E-state index < -0.39 is 6.10 Å². The van der Waals surface area contributed by atoms with Crippen LogP contribution in [0.5, 0.6) is 0 Å². The van der Waals surface area contributed by atoms with Gasteiger partial charge in [-0.25, -0.2) is 0 Å². The van der Waals surface area contributed by atoms with Crippen LogP contribution >= 0.6 is 0 Å². The van der Waals surface area contributed by atoms with Crippen molar-refractivity contribution in [2.24, 2.45) is 5.41 Å². The van der Waals surface area contributed by atoms with Crippen molar-refractivity contribution in [3.8, 4) is 0 Å². The second-order valence-electron chi connectivity index (χ2n) is 3.67. The molecule has 0 aliphatic heterocycles. The van der Waals surface area contributed by atoms with Gasteiger partial charge >= 0.3 is 0 Å². The zero-order valence-corrected chi connectivity index (χ0v) is 8.36. The van der Waals surface area contributed by atoms with Gasteiger partial charge in [-0.2, -0.15) is 0 Å². The number of hydrogen-bond acceptors (Lipinski definition) is 4. The molecule has 0 fully saturated rings. The molecule has 0 saturated carbocycles. The lowest BCUT2D eigenvalue weighted by atomic mass is 9.90. The second kappa shape index (κ2) is 6.32. The van der Waals surface area contributed by atoms with Gasteiger partial charge in [0.05, 0.1) is 26.4 Å². The summed E-state index contributed by atoms with van der Waals surface area (Å²) in [5.74, 6) is 0. The molecule has 4 heteroatoms. The molecule has 0 rings (SSSR count). The molecule has 0 bridgehead atoms. The largest absolute Gasteiger partial charge is 0.396 e. The zero-order valence-electron chi connectivity index (χ0n) is 8.36. The fraction of sp³-hybridized carbons (Fsp3) is 1.00. The van der Waals surface area contributed by atoms with Gasteiger partial charge in [0.25, 0.3) is 0 Å². The van der Waals surface area contributed by atoms with Crippen molar-refractivity contribution in [1.29, 1.82) is 0 Å². The molecule has 0 saturated heterocycles. The van der Waals surface area contributed by atoms with Gasteiger partial charge in [-0.05, 0) is 6.42 Å². The molecular weight excluding hydrogens is 172 g/mol. The van der Waals surface area contributed by atoms with Gasteiger partial charge in [-0.1, -0.05) is 13.8 Å². The average Bonchev–Trinajstić information content (AvgIpc) is 2.17. The third-order valence-electron chi connectivity index (χ3n) is 2.21. The van der Waals surface area contributed by atoms with Crippen LogP contribution in [0.1, 0.15) is 20.3 Å². The Bertz CT molecular complexity index is 123. The van der Waals surface area contributed by atoms with Crippen LogP contribution in [0.4, 0.5) is 0 Å². The van der Waals surface area contributed by atoms with Gasteiger partial charge in [0.1, 0.15) is 6.10 Å². The van der Waals surface area contributed by atoms with Crippen molar-refractivity contribution >= 4 is 0 Å².